The number of hydrogen-bond donors (Lipinski definition) is 0. The molecule has 0 amide bonds. The van der Waals surface area contributed by atoms with Crippen LogP contribution in [0.15, 0.2) is 50.6 Å². The topological polar surface area (TPSA) is 65.0 Å². The minimum atomic E-state index is 0.546. The van der Waals surface area contributed by atoms with E-state index in [1.165, 1.54) is 11.8 Å². The summed E-state index contributed by atoms with van der Waals surface area (Å²) in [5, 5.41) is 12.4. The van der Waals surface area contributed by atoms with Crippen LogP contribution in [0.4, 0.5) is 0 Å². The van der Waals surface area contributed by atoms with Crippen LogP contribution in [0.1, 0.15) is 22.9 Å². The molecule has 1 aromatic carbocycles. The van der Waals surface area contributed by atoms with E-state index in [-0.39, 0.29) is 0 Å². The number of rotatable bonds is 5. The third-order valence-corrected chi connectivity index (χ3v) is 3.50. The summed E-state index contributed by atoms with van der Waals surface area (Å²) < 4.78 is 10.7. The molecule has 2 aromatic heterocycles. The Morgan fingerprint density at radius 1 is 1.15 bits per heavy atom. The zero-order valence-electron chi connectivity index (χ0n) is 10.9. The summed E-state index contributed by atoms with van der Waals surface area (Å²) >= 11 is 1.44. The maximum absolute atomic E-state index is 5.59. The first-order valence-corrected chi connectivity index (χ1v) is 7.19. The number of thioether (sulfide) groups is 1. The van der Waals surface area contributed by atoms with Gasteiger partial charge >= 0.3 is 0 Å². The molecule has 5 nitrogen and oxygen atoms in total. The zero-order chi connectivity index (χ0) is 13.8. The molecule has 3 aromatic rings. The highest BCUT2D eigenvalue weighted by Gasteiger charge is 2.09. The van der Waals surface area contributed by atoms with Gasteiger partial charge in [0, 0.05) is 6.07 Å². The summed E-state index contributed by atoms with van der Waals surface area (Å²) in [6.07, 6.45) is 0.649. The Morgan fingerprint density at radius 2 is 2.00 bits per heavy atom. The predicted molar refractivity (Wildman–Crippen MR) is 74.3 cm³/mol. The second-order valence-electron chi connectivity index (χ2n) is 4.35. The first-order chi connectivity index (χ1) is 9.79. The molecular weight excluding hydrogens is 274 g/mol. The van der Waals surface area contributed by atoms with E-state index in [1.54, 1.807) is 0 Å². The van der Waals surface area contributed by atoms with Crippen LogP contribution in [0.5, 0.6) is 0 Å². The van der Waals surface area contributed by atoms with Gasteiger partial charge in [0.05, 0.1) is 17.9 Å². The zero-order valence-corrected chi connectivity index (χ0v) is 11.8. The third kappa shape index (κ3) is 3.27. The second-order valence-corrected chi connectivity index (χ2v) is 5.27. The van der Waals surface area contributed by atoms with Crippen LogP contribution in [-0.4, -0.2) is 15.4 Å². The second kappa shape index (κ2) is 5.92. The summed E-state index contributed by atoms with van der Waals surface area (Å²) in [5.41, 5.74) is 2.02. The average molecular weight is 287 g/mol. The Bertz CT molecular complexity index is 679. The lowest BCUT2D eigenvalue weighted by molar-refractivity contribution is 0.389. The average Bonchev–Trinajstić information content (AvgIpc) is 3.07. The van der Waals surface area contributed by atoms with Crippen molar-refractivity contribution < 1.29 is 8.94 Å². The molecule has 0 aliphatic carbocycles. The standard InChI is InChI=1S/C14H13N3O2S/c1-10-7-12(19-17-10)9-20-14-16-15-13(18-14)8-11-5-3-2-4-6-11/h2-7H,8-9H2,1H3. The molecule has 0 fully saturated rings. The minimum absolute atomic E-state index is 0.546. The fourth-order valence-electron chi connectivity index (χ4n) is 1.76. The van der Waals surface area contributed by atoms with Crippen molar-refractivity contribution in [1.82, 2.24) is 15.4 Å². The quantitative estimate of drug-likeness (QED) is 0.671. The summed E-state index contributed by atoms with van der Waals surface area (Å²) in [4.78, 5) is 0. The lowest BCUT2D eigenvalue weighted by Crippen LogP contribution is -1.87. The van der Waals surface area contributed by atoms with Crippen molar-refractivity contribution >= 4 is 11.8 Å². The van der Waals surface area contributed by atoms with Gasteiger partial charge in [0.2, 0.25) is 5.89 Å². The van der Waals surface area contributed by atoms with Crippen molar-refractivity contribution in [3.05, 3.63) is 59.3 Å². The molecule has 6 heteroatoms. The van der Waals surface area contributed by atoms with Crippen LogP contribution < -0.4 is 0 Å². The SMILES string of the molecule is Cc1cc(CSc2nnc(Cc3ccccc3)o2)on1. The van der Waals surface area contributed by atoms with Gasteiger partial charge in [-0.25, -0.2) is 0 Å². The van der Waals surface area contributed by atoms with E-state index in [0.717, 1.165) is 17.0 Å². The highest BCUT2D eigenvalue weighted by Crippen LogP contribution is 2.22. The van der Waals surface area contributed by atoms with Crippen molar-refractivity contribution in [2.75, 3.05) is 0 Å². The third-order valence-electron chi connectivity index (χ3n) is 2.66. The van der Waals surface area contributed by atoms with Crippen LogP contribution in [-0.2, 0) is 12.2 Å². The van der Waals surface area contributed by atoms with Crippen molar-refractivity contribution in [3.8, 4) is 0 Å². The predicted octanol–water partition coefficient (Wildman–Crippen LogP) is 3.25. The number of nitrogens with zero attached hydrogens (tertiary/aromatic N) is 3. The van der Waals surface area contributed by atoms with Crippen LogP contribution in [0, 0.1) is 6.92 Å². The molecule has 0 unspecified atom stereocenters. The Balaban J connectivity index is 1.59. The Labute approximate surface area is 120 Å². The van der Waals surface area contributed by atoms with Gasteiger partial charge in [0.1, 0.15) is 5.76 Å². The van der Waals surface area contributed by atoms with Crippen LogP contribution >= 0.6 is 11.8 Å². The molecule has 0 saturated carbocycles. The molecule has 20 heavy (non-hydrogen) atoms. The Kier molecular flexibility index (Phi) is 3.83. The monoisotopic (exact) mass is 287 g/mol. The normalized spacial score (nSPS) is 10.8. The molecule has 0 bridgehead atoms. The molecule has 0 atom stereocenters. The van der Waals surface area contributed by atoms with Crippen molar-refractivity contribution in [1.29, 1.82) is 0 Å². The van der Waals surface area contributed by atoms with E-state index in [1.807, 2.05) is 43.3 Å². The van der Waals surface area contributed by atoms with Gasteiger partial charge in [-0.3, -0.25) is 0 Å². The van der Waals surface area contributed by atoms with Gasteiger partial charge in [0.15, 0.2) is 0 Å². The van der Waals surface area contributed by atoms with Gasteiger partial charge in [-0.05, 0) is 12.5 Å². The van der Waals surface area contributed by atoms with Crippen molar-refractivity contribution in [2.24, 2.45) is 0 Å². The molecule has 3 rings (SSSR count). The fraction of sp³-hybridized carbons (Fsp3) is 0.214. The first kappa shape index (κ1) is 12.9. The molecule has 2 heterocycles. The van der Waals surface area contributed by atoms with Gasteiger partial charge in [-0.15, -0.1) is 10.2 Å². The highest BCUT2D eigenvalue weighted by atomic mass is 32.2. The van der Waals surface area contributed by atoms with Crippen LogP contribution in [0.3, 0.4) is 0 Å². The summed E-state index contributed by atoms with van der Waals surface area (Å²) in [6.45, 7) is 1.89. The molecule has 0 aliphatic rings. The molecular formula is C14H13N3O2S. The van der Waals surface area contributed by atoms with Crippen LogP contribution in [0.25, 0.3) is 0 Å². The molecule has 102 valence electrons. The number of aromatic nitrogens is 3. The largest absolute Gasteiger partial charge is 0.416 e. The van der Waals surface area contributed by atoms with Gasteiger partial charge < -0.3 is 8.94 Å². The molecule has 0 N–H and O–H groups in total. The molecule has 0 spiro atoms. The smallest absolute Gasteiger partial charge is 0.277 e. The van der Waals surface area contributed by atoms with Crippen molar-refractivity contribution in [3.63, 3.8) is 0 Å². The van der Waals surface area contributed by atoms with E-state index in [2.05, 4.69) is 15.4 Å². The first-order valence-electron chi connectivity index (χ1n) is 6.21. The van der Waals surface area contributed by atoms with E-state index < -0.39 is 0 Å². The maximum Gasteiger partial charge on any atom is 0.277 e. The number of aryl methyl sites for hydroxylation is 1. The number of benzene rings is 1. The van der Waals surface area contributed by atoms with Crippen molar-refractivity contribution in [2.45, 2.75) is 24.3 Å². The molecule has 0 aliphatic heterocycles. The summed E-state index contributed by atoms with van der Waals surface area (Å²) in [5.74, 6) is 2.05. The van der Waals surface area contributed by atoms with Crippen LogP contribution in [0.2, 0.25) is 0 Å². The Morgan fingerprint density at radius 3 is 2.75 bits per heavy atom. The lowest BCUT2D eigenvalue weighted by Gasteiger charge is -1.95. The summed E-state index contributed by atoms with van der Waals surface area (Å²) in [6, 6.07) is 11.9. The van der Waals surface area contributed by atoms with E-state index in [4.69, 9.17) is 8.94 Å². The summed E-state index contributed by atoms with van der Waals surface area (Å²) in [7, 11) is 0. The van der Waals surface area contributed by atoms with Gasteiger partial charge in [-0.1, -0.05) is 47.3 Å². The Hall–Kier alpha value is -2.08. The molecule has 0 saturated heterocycles. The fourth-order valence-corrected chi connectivity index (χ4v) is 2.41. The van der Waals surface area contributed by atoms with E-state index in [9.17, 15) is 0 Å². The highest BCUT2D eigenvalue weighted by molar-refractivity contribution is 7.98. The van der Waals surface area contributed by atoms with Gasteiger partial charge in [0.25, 0.3) is 5.22 Å². The maximum atomic E-state index is 5.59. The van der Waals surface area contributed by atoms with E-state index >= 15 is 0 Å². The van der Waals surface area contributed by atoms with Gasteiger partial charge in [-0.2, -0.15) is 0 Å². The number of hydrogen-bond acceptors (Lipinski definition) is 6. The molecule has 0 radical (unpaired) electrons. The minimum Gasteiger partial charge on any atom is -0.416 e. The van der Waals surface area contributed by atoms with E-state index in [0.29, 0.717) is 23.3 Å². The lowest BCUT2D eigenvalue weighted by atomic mass is 10.2.